The molecule has 0 spiro atoms. The minimum atomic E-state index is 0.304. The van der Waals surface area contributed by atoms with E-state index in [0.717, 1.165) is 48.2 Å². The molecule has 3 heteroatoms. The third-order valence-electron chi connectivity index (χ3n) is 3.93. The van der Waals surface area contributed by atoms with E-state index in [1.54, 1.807) is 6.07 Å². The fourth-order valence-corrected chi connectivity index (χ4v) is 2.62. The lowest BCUT2D eigenvalue weighted by atomic mass is 10.0. The van der Waals surface area contributed by atoms with Crippen LogP contribution >= 0.6 is 0 Å². The largest absolute Gasteiger partial charge is 0.507 e. The lowest BCUT2D eigenvalue weighted by Gasteiger charge is -2.16. The van der Waals surface area contributed by atoms with Crippen molar-refractivity contribution in [1.29, 1.82) is 0 Å². The molecule has 0 atom stereocenters. The molecule has 0 radical (unpaired) electrons. The molecule has 2 rings (SSSR count). The molecule has 2 aromatic rings. The van der Waals surface area contributed by atoms with E-state index in [9.17, 15) is 5.11 Å². The summed E-state index contributed by atoms with van der Waals surface area (Å²) in [6.07, 6.45) is 0. The molecule has 0 unspecified atom stereocenters. The van der Waals surface area contributed by atoms with Gasteiger partial charge in [0.15, 0.2) is 0 Å². The second-order valence-electron chi connectivity index (χ2n) is 5.17. The molecule has 0 aliphatic rings. The highest BCUT2D eigenvalue weighted by Crippen LogP contribution is 2.27. The summed E-state index contributed by atoms with van der Waals surface area (Å²) >= 11 is 0. The number of hydrogen-bond donors (Lipinski definition) is 1. The van der Waals surface area contributed by atoms with Crippen LogP contribution in [-0.4, -0.2) is 41.9 Å². The standard InChI is InChI=1S/C18H24N2O/c1-4-20(5-2)13-12-19-14(3)18-16-9-7-6-8-15(16)10-11-17(18)21/h6-11,21H,4-5,12-13H2,1-3H3. The first-order valence-electron chi connectivity index (χ1n) is 7.61. The molecule has 112 valence electrons. The summed E-state index contributed by atoms with van der Waals surface area (Å²) in [7, 11) is 0. The Bertz CT molecular complexity index is 630. The van der Waals surface area contributed by atoms with Crippen LogP contribution in [0.3, 0.4) is 0 Å². The third-order valence-corrected chi connectivity index (χ3v) is 3.93. The molecule has 2 aromatic carbocycles. The van der Waals surface area contributed by atoms with Gasteiger partial charge in [-0.15, -0.1) is 0 Å². The van der Waals surface area contributed by atoms with Crippen LogP contribution in [0.5, 0.6) is 5.75 Å². The van der Waals surface area contributed by atoms with Gasteiger partial charge in [-0.05, 0) is 36.9 Å². The highest BCUT2D eigenvalue weighted by atomic mass is 16.3. The second kappa shape index (κ2) is 7.23. The van der Waals surface area contributed by atoms with Gasteiger partial charge < -0.3 is 10.0 Å². The van der Waals surface area contributed by atoms with Crippen molar-refractivity contribution in [2.45, 2.75) is 20.8 Å². The number of fused-ring (bicyclic) bond motifs is 1. The quantitative estimate of drug-likeness (QED) is 0.821. The minimum Gasteiger partial charge on any atom is -0.507 e. The zero-order chi connectivity index (χ0) is 15.2. The lowest BCUT2D eigenvalue weighted by molar-refractivity contribution is 0.313. The van der Waals surface area contributed by atoms with Gasteiger partial charge in [0.05, 0.1) is 6.54 Å². The fraction of sp³-hybridized carbons (Fsp3) is 0.389. The Kier molecular flexibility index (Phi) is 5.34. The van der Waals surface area contributed by atoms with Crippen molar-refractivity contribution in [3.8, 4) is 5.75 Å². The van der Waals surface area contributed by atoms with E-state index >= 15 is 0 Å². The van der Waals surface area contributed by atoms with Crippen LogP contribution in [0.4, 0.5) is 0 Å². The van der Waals surface area contributed by atoms with Crippen molar-refractivity contribution in [2.75, 3.05) is 26.2 Å². The minimum absolute atomic E-state index is 0.304. The highest BCUT2D eigenvalue weighted by Gasteiger charge is 2.09. The predicted molar refractivity (Wildman–Crippen MR) is 90.5 cm³/mol. The van der Waals surface area contributed by atoms with Gasteiger partial charge in [-0.3, -0.25) is 4.99 Å². The Morgan fingerprint density at radius 3 is 2.52 bits per heavy atom. The summed E-state index contributed by atoms with van der Waals surface area (Å²) in [4.78, 5) is 7.00. The molecule has 0 fully saturated rings. The fourth-order valence-electron chi connectivity index (χ4n) is 2.62. The normalized spacial score (nSPS) is 12.3. The monoisotopic (exact) mass is 284 g/mol. The van der Waals surface area contributed by atoms with E-state index in [1.807, 2.05) is 31.2 Å². The Labute approximate surface area is 126 Å². The van der Waals surface area contributed by atoms with Gasteiger partial charge in [-0.2, -0.15) is 0 Å². The van der Waals surface area contributed by atoms with E-state index in [0.29, 0.717) is 5.75 Å². The van der Waals surface area contributed by atoms with Gasteiger partial charge in [0.25, 0.3) is 0 Å². The number of phenolic OH excluding ortho intramolecular Hbond substituents is 1. The lowest BCUT2D eigenvalue weighted by Crippen LogP contribution is -2.25. The van der Waals surface area contributed by atoms with Crippen molar-refractivity contribution in [3.63, 3.8) is 0 Å². The van der Waals surface area contributed by atoms with Crippen LogP contribution < -0.4 is 0 Å². The van der Waals surface area contributed by atoms with Gasteiger partial charge in [0.1, 0.15) is 5.75 Å². The number of benzene rings is 2. The average molecular weight is 284 g/mol. The van der Waals surface area contributed by atoms with Crippen LogP contribution in [0.1, 0.15) is 26.3 Å². The van der Waals surface area contributed by atoms with Gasteiger partial charge >= 0.3 is 0 Å². The molecule has 0 heterocycles. The first-order chi connectivity index (χ1) is 10.2. The van der Waals surface area contributed by atoms with E-state index in [4.69, 9.17) is 0 Å². The summed E-state index contributed by atoms with van der Waals surface area (Å²) < 4.78 is 0. The Balaban J connectivity index is 2.26. The maximum Gasteiger partial charge on any atom is 0.125 e. The molecule has 0 saturated carbocycles. The van der Waals surface area contributed by atoms with E-state index in [2.05, 4.69) is 29.8 Å². The maximum absolute atomic E-state index is 10.2. The Morgan fingerprint density at radius 1 is 1.10 bits per heavy atom. The van der Waals surface area contributed by atoms with Crippen molar-refractivity contribution in [2.24, 2.45) is 4.99 Å². The SMILES string of the molecule is CCN(CC)CCN=C(C)c1c(O)ccc2ccccc12. The molecule has 0 bridgehead atoms. The zero-order valence-electron chi connectivity index (χ0n) is 13.1. The van der Waals surface area contributed by atoms with Gasteiger partial charge in [0, 0.05) is 17.8 Å². The zero-order valence-corrected chi connectivity index (χ0v) is 13.1. The summed E-state index contributed by atoms with van der Waals surface area (Å²) in [6, 6.07) is 11.8. The number of hydrogen-bond acceptors (Lipinski definition) is 3. The number of likely N-dealkylation sites (N-methyl/N-ethyl adjacent to an activating group) is 1. The summed E-state index contributed by atoms with van der Waals surface area (Å²) in [5, 5.41) is 12.4. The predicted octanol–water partition coefficient (Wildman–Crippen LogP) is 3.70. The van der Waals surface area contributed by atoms with E-state index in [-0.39, 0.29) is 0 Å². The van der Waals surface area contributed by atoms with Crippen LogP contribution in [0.2, 0.25) is 0 Å². The van der Waals surface area contributed by atoms with E-state index < -0.39 is 0 Å². The van der Waals surface area contributed by atoms with Gasteiger partial charge in [-0.1, -0.05) is 44.2 Å². The molecule has 0 amide bonds. The number of aromatic hydroxyl groups is 1. The number of nitrogens with zero attached hydrogens (tertiary/aromatic N) is 2. The van der Waals surface area contributed by atoms with Crippen LogP contribution in [0.15, 0.2) is 41.4 Å². The number of rotatable bonds is 6. The van der Waals surface area contributed by atoms with Crippen molar-refractivity contribution < 1.29 is 5.11 Å². The molecule has 0 aliphatic carbocycles. The van der Waals surface area contributed by atoms with Crippen molar-refractivity contribution in [1.82, 2.24) is 4.90 Å². The van der Waals surface area contributed by atoms with Gasteiger partial charge in [0.2, 0.25) is 0 Å². The second-order valence-corrected chi connectivity index (χ2v) is 5.17. The molecule has 1 N–H and O–H groups in total. The first kappa shape index (κ1) is 15.5. The molecule has 21 heavy (non-hydrogen) atoms. The van der Waals surface area contributed by atoms with Crippen molar-refractivity contribution in [3.05, 3.63) is 42.0 Å². The van der Waals surface area contributed by atoms with Crippen LogP contribution in [0.25, 0.3) is 10.8 Å². The van der Waals surface area contributed by atoms with Crippen LogP contribution in [0, 0.1) is 0 Å². The first-order valence-corrected chi connectivity index (χ1v) is 7.61. The molecule has 3 nitrogen and oxygen atoms in total. The van der Waals surface area contributed by atoms with Crippen LogP contribution in [-0.2, 0) is 0 Å². The number of aliphatic imine (C=N–C) groups is 1. The molecular formula is C18H24N2O. The summed E-state index contributed by atoms with van der Waals surface area (Å²) in [5.74, 6) is 0.304. The van der Waals surface area contributed by atoms with E-state index in [1.165, 1.54) is 0 Å². The molecule has 0 aliphatic heterocycles. The Morgan fingerprint density at radius 2 is 1.81 bits per heavy atom. The Hall–Kier alpha value is -1.87. The molecule has 0 saturated heterocycles. The smallest absolute Gasteiger partial charge is 0.125 e. The van der Waals surface area contributed by atoms with Gasteiger partial charge in [-0.25, -0.2) is 0 Å². The highest BCUT2D eigenvalue weighted by molar-refractivity contribution is 6.11. The summed E-state index contributed by atoms with van der Waals surface area (Å²) in [5.41, 5.74) is 1.75. The summed E-state index contributed by atoms with van der Waals surface area (Å²) in [6.45, 7) is 10.1. The molecule has 0 aromatic heterocycles. The topological polar surface area (TPSA) is 35.8 Å². The average Bonchev–Trinajstić information content (AvgIpc) is 2.51. The van der Waals surface area contributed by atoms with Crippen molar-refractivity contribution >= 4 is 16.5 Å². The molecular weight excluding hydrogens is 260 g/mol. The maximum atomic E-state index is 10.2. The third kappa shape index (κ3) is 3.61. The number of phenols is 1.